The third-order valence-corrected chi connectivity index (χ3v) is 2.10. The smallest absolute Gasteiger partial charge is 0.273 e. The van der Waals surface area contributed by atoms with E-state index in [1.54, 1.807) is 13.8 Å². The number of carbonyl (C=O) groups excluding carboxylic acids is 1. The molecule has 0 aliphatic rings. The Hall–Kier alpha value is -1.69. The van der Waals surface area contributed by atoms with Crippen molar-refractivity contribution in [1.29, 1.82) is 0 Å². The summed E-state index contributed by atoms with van der Waals surface area (Å²) in [5, 5.41) is 20.3. The summed E-state index contributed by atoms with van der Waals surface area (Å²) < 4.78 is 0.316. The van der Waals surface area contributed by atoms with Crippen LogP contribution in [0, 0.1) is 0 Å². The van der Waals surface area contributed by atoms with Gasteiger partial charge in [-0.25, -0.2) is 0 Å². The first-order valence-electron chi connectivity index (χ1n) is 4.48. The summed E-state index contributed by atoms with van der Waals surface area (Å²) in [6, 6.07) is -0.174. The van der Waals surface area contributed by atoms with Crippen LogP contribution >= 0.6 is 11.6 Å². The number of amides is 1. The Morgan fingerprint density at radius 3 is 2.62 bits per heavy atom. The Morgan fingerprint density at radius 1 is 1.56 bits per heavy atom. The second-order valence-corrected chi connectivity index (χ2v) is 3.86. The second kappa shape index (κ2) is 4.44. The van der Waals surface area contributed by atoms with Gasteiger partial charge < -0.3 is 15.6 Å². The van der Waals surface area contributed by atoms with E-state index in [9.17, 15) is 14.8 Å². The molecule has 0 bridgehead atoms. The zero-order chi connectivity index (χ0) is 12.5. The van der Waals surface area contributed by atoms with Crippen LogP contribution in [-0.2, 0) is 0 Å². The first-order valence-corrected chi connectivity index (χ1v) is 4.86. The van der Waals surface area contributed by atoms with Crippen LogP contribution in [0.5, 0.6) is 5.75 Å². The molecular formula is C9H11ClN2O4. The van der Waals surface area contributed by atoms with Gasteiger partial charge in [-0.1, -0.05) is 11.6 Å². The number of hydrogen-bond donors (Lipinski definition) is 3. The number of aromatic hydroxyl groups is 1. The SMILES string of the molecule is CC(C)NC(=O)c1c(Cl)c(=O)c(O)cn1O. The van der Waals surface area contributed by atoms with Gasteiger partial charge in [-0.2, -0.15) is 4.73 Å². The van der Waals surface area contributed by atoms with E-state index in [2.05, 4.69) is 5.32 Å². The lowest BCUT2D eigenvalue weighted by Crippen LogP contribution is -2.33. The molecule has 0 atom stereocenters. The highest BCUT2D eigenvalue weighted by Gasteiger charge is 2.20. The molecule has 0 aliphatic heterocycles. The van der Waals surface area contributed by atoms with Gasteiger partial charge in [-0.15, -0.1) is 0 Å². The number of rotatable bonds is 2. The fourth-order valence-electron chi connectivity index (χ4n) is 1.09. The normalized spacial score (nSPS) is 10.5. The maximum atomic E-state index is 11.6. The number of aromatic nitrogens is 1. The van der Waals surface area contributed by atoms with Gasteiger partial charge in [-0.3, -0.25) is 9.59 Å². The second-order valence-electron chi connectivity index (χ2n) is 3.48. The molecule has 1 amide bonds. The molecule has 0 unspecified atom stereocenters. The van der Waals surface area contributed by atoms with E-state index in [0.717, 1.165) is 0 Å². The molecule has 1 heterocycles. The van der Waals surface area contributed by atoms with Crippen molar-refractivity contribution in [2.45, 2.75) is 19.9 Å². The number of nitrogens with one attached hydrogen (secondary N) is 1. The van der Waals surface area contributed by atoms with Crippen molar-refractivity contribution in [1.82, 2.24) is 10.0 Å². The Kier molecular flexibility index (Phi) is 3.44. The fraction of sp³-hybridized carbons (Fsp3) is 0.333. The van der Waals surface area contributed by atoms with Crippen LogP contribution in [0.15, 0.2) is 11.0 Å². The number of hydrogen-bond acceptors (Lipinski definition) is 4. The van der Waals surface area contributed by atoms with Crippen LogP contribution in [-0.4, -0.2) is 27.0 Å². The fourth-order valence-corrected chi connectivity index (χ4v) is 1.36. The van der Waals surface area contributed by atoms with Crippen LogP contribution in [0.3, 0.4) is 0 Å². The molecular weight excluding hydrogens is 236 g/mol. The molecule has 6 nitrogen and oxygen atoms in total. The highest BCUT2D eigenvalue weighted by atomic mass is 35.5. The average molecular weight is 247 g/mol. The van der Waals surface area contributed by atoms with Crippen LogP contribution in [0.2, 0.25) is 5.02 Å². The van der Waals surface area contributed by atoms with Crippen LogP contribution < -0.4 is 10.7 Å². The Morgan fingerprint density at radius 2 is 2.12 bits per heavy atom. The number of nitrogens with zero attached hydrogens (tertiary/aromatic N) is 1. The Balaban J connectivity index is 3.29. The Labute approximate surface area is 96.0 Å². The first-order chi connectivity index (χ1) is 7.34. The quantitative estimate of drug-likeness (QED) is 0.666. The standard InChI is InChI=1S/C9H11ClN2O4/c1-4(2)11-9(15)7-6(10)8(14)5(13)3-12(7)16/h3-4,13,16H,1-2H3,(H,11,15). The van der Waals surface area contributed by atoms with Crippen molar-refractivity contribution in [3.8, 4) is 5.75 Å². The van der Waals surface area contributed by atoms with Crippen molar-refractivity contribution in [3.05, 3.63) is 27.1 Å². The van der Waals surface area contributed by atoms with Crippen LogP contribution in [0.25, 0.3) is 0 Å². The predicted molar refractivity (Wildman–Crippen MR) is 57.2 cm³/mol. The summed E-state index contributed by atoms with van der Waals surface area (Å²) in [6.45, 7) is 3.43. The van der Waals surface area contributed by atoms with Gasteiger partial charge in [-0.05, 0) is 13.8 Å². The van der Waals surface area contributed by atoms with E-state index < -0.39 is 27.8 Å². The minimum atomic E-state index is -0.902. The minimum Gasteiger partial charge on any atom is -0.503 e. The third kappa shape index (κ3) is 2.27. The maximum absolute atomic E-state index is 11.6. The molecule has 0 saturated heterocycles. The molecule has 0 aliphatic carbocycles. The highest BCUT2D eigenvalue weighted by Crippen LogP contribution is 2.14. The van der Waals surface area contributed by atoms with Gasteiger partial charge in [0.2, 0.25) is 5.43 Å². The maximum Gasteiger partial charge on any atom is 0.273 e. The largest absolute Gasteiger partial charge is 0.503 e. The van der Waals surface area contributed by atoms with Gasteiger partial charge in [0, 0.05) is 6.04 Å². The lowest BCUT2D eigenvalue weighted by atomic mass is 10.3. The molecule has 0 radical (unpaired) electrons. The van der Waals surface area contributed by atoms with E-state index in [1.807, 2.05) is 0 Å². The lowest BCUT2D eigenvalue weighted by molar-refractivity contribution is 0.0887. The van der Waals surface area contributed by atoms with E-state index >= 15 is 0 Å². The summed E-state index contributed by atoms with van der Waals surface area (Å²) >= 11 is 5.57. The van der Waals surface area contributed by atoms with E-state index in [-0.39, 0.29) is 6.04 Å². The molecule has 0 aromatic carbocycles. The molecule has 1 rings (SSSR count). The van der Waals surface area contributed by atoms with Crippen molar-refractivity contribution < 1.29 is 15.1 Å². The number of carbonyl (C=O) groups is 1. The van der Waals surface area contributed by atoms with Crippen LogP contribution in [0.4, 0.5) is 0 Å². The van der Waals surface area contributed by atoms with Gasteiger partial charge in [0.15, 0.2) is 11.4 Å². The summed E-state index contributed by atoms with van der Waals surface area (Å²) in [7, 11) is 0. The van der Waals surface area contributed by atoms with E-state index in [4.69, 9.17) is 16.7 Å². The van der Waals surface area contributed by atoms with Gasteiger partial charge in [0.1, 0.15) is 5.02 Å². The Bertz CT molecular complexity index is 481. The zero-order valence-electron chi connectivity index (χ0n) is 8.69. The van der Waals surface area contributed by atoms with E-state index in [0.29, 0.717) is 10.9 Å². The predicted octanol–water partition coefficient (Wildman–Crippen LogP) is 0.583. The first kappa shape index (κ1) is 12.4. The number of pyridine rings is 1. The number of halogens is 1. The van der Waals surface area contributed by atoms with Crippen molar-refractivity contribution >= 4 is 17.5 Å². The molecule has 1 aromatic heterocycles. The monoisotopic (exact) mass is 246 g/mol. The van der Waals surface area contributed by atoms with Gasteiger partial charge in [0.25, 0.3) is 5.91 Å². The van der Waals surface area contributed by atoms with Crippen molar-refractivity contribution in [2.24, 2.45) is 0 Å². The molecule has 7 heteroatoms. The summed E-state index contributed by atoms with van der Waals surface area (Å²) in [5.74, 6) is -1.42. The van der Waals surface area contributed by atoms with E-state index in [1.165, 1.54) is 0 Å². The minimum absolute atomic E-state index is 0.174. The van der Waals surface area contributed by atoms with Crippen molar-refractivity contribution in [3.63, 3.8) is 0 Å². The third-order valence-electron chi connectivity index (χ3n) is 1.75. The summed E-state index contributed by atoms with van der Waals surface area (Å²) in [4.78, 5) is 22.8. The molecule has 0 fully saturated rings. The summed E-state index contributed by atoms with van der Waals surface area (Å²) in [6.07, 6.45) is 0.712. The lowest BCUT2D eigenvalue weighted by Gasteiger charge is -2.11. The molecule has 88 valence electrons. The van der Waals surface area contributed by atoms with Crippen LogP contribution in [0.1, 0.15) is 24.3 Å². The topological polar surface area (TPSA) is 91.6 Å². The van der Waals surface area contributed by atoms with Gasteiger partial charge in [0.05, 0.1) is 6.20 Å². The summed E-state index contributed by atoms with van der Waals surface area (Å²) in [5.41, 5.74) is -1.31. The molecule has 16 heavy (non-hydrogen) atoms. The van der Waals surface area contributed by atoms with Gasteiger partial charge >= 0.3 is 0 Å². The molecule has 0 saturated carbocycles. The molecule has 1 aromatic rings. The average Bonchev–Trinajstić information content (AvgIpc) is 2.13. The molecule has 3 N–H and O–H groups in total. The zero-order valence-corrected chi connectivity index (χ0v) is 9.45. The van der Waals surface area contributed by atoms with Crippen molar-refractivity contribution in [2.75, 3.05) is 0 Å². The molecule has 0 spiro atoms. The highest BCUT2D eigenvalue weighted by molar-refractivity contribution is 6.33.